The highest BCUT2D eigenvalue weighted by Gasteiger charge is 2.25. The van der Waals surface area contributed by atoms with Crippen molar-refractivity contribution in [1.29, 1.82) is 0 Å². The fourth-order valence-electron chi connectivity index (χ4n) is 5.79. The highest BCUT2D eigenvalue weighted by Crippen LogP contribution is 2.30. The van der Waals surface area contributed by atoms with E-state index in [2.05, 4.69) is 29.3 Å². The van der Waals surface area contributed by atoms with E-state index in [0.717, 1.165) is 24.0 Å². The maximum absolute atomic E-state index is 14.0. The third kappa shape index (κ3) is 5.97. The third-order valence-electron chi connectivity index (χ3n) is 7.94. The normalized spacial score (nSPS) is 12.6. The number of benzene rings is 4. The van der Waals surface area contributed by atoms with Crippen molar-refractivity contribution in [3.05, 3.63) is 142 Å². The number of amides is 2. The molecule has 2 amide bonds. The fourth-order valence-corrected chi connectivity index (χ4v) is 5.79. The van der Waals surface area contributed by atoms with Crippen LogP contribution in [0.25, 0.3) is 17.0 Å². The number of anilines is 2. The number of aromatic hydroxyl groups is 1. The average Bonchev–Trinajstić information content (AvgIpc) is 3.43. The van der Waals surface area contributed by atoms with E-state index in [1.165, 1.54) is 23.3 Å². The Morgan fingerprint density at radius 2 is 1.58 bits per heavy atom. The zero-order valence-electron chi connectivity index (χ0n) is 23.5. The number of nitrogens with one attached hydrogen (secondary N) is 2. The summed E-state index contributed by atoms with van der Waals surface area (Å²) in [6.07, 6.45) is 3.51. The molecule has 7 nitrogen and oxygen atoms in total. The first-order chi connectivity index (χ1) is 20.9. The molecule has 0 unspecified atom stereocenters. The Morgan fingerprint density at radius 1 is 0.884 bits per heavy atom. The first-order valence-corrected chi connectivity index (χ1v) is 14.2. The average molecular weight is 570 g/mol. The van der Waals surface area contributed by atoms with E-state index in [1.54, 1.807) is 53.1 Å². The molecule has 0 bridgehead atoms. The van der Waals surface area contributed by atoms with Gasteiger partial charge in [0, 0.05) is 17.6 Å². The van der Waals surface area contributed by atoms with E-state index in [-0.39, 0.29) is 35.1 Å². The molecule has 5 aromatic rings. The molecular weight excluding hydrogens is 538 g/mol. The molecule has 0 atom stereocenters. The Morgan fingerprint density at radius 3 is 2.26 bits per heavy atom. The number of carbonyl (C=O) groups excluding carboxylic acids is 2. The number of phenolic OH excluding ortho intramolecular Hbond substituents is 1. The third-order valence-corrected chi connectivity index (χ3v) is 7.94. The van der Waals surface area contributed by atoms with Crippen LogP contribution in [0.1, 0.15) is 32.6 Å². The highest BCUT2D eigenvalue weighted by atomic mass is 16.3. The van der Waals surface area contributed by atoms with Crippen LogP contribution in [0, 0.1) is 5.92 Å². The van der Waals surface area contributed by atoms with Gasteiger partial charge in [0.05, 0.1) is 17.6 Å². The van der Waals surface area contributed by atoms with Gasteiger partial charge in [-0.25, -0.2) is 0 Å². The fraction of sp³-hybridized carbons (Fsp3) is 0.139. The van der Waals surface area contributed by atoms with Gasteiger partial charge >= 0.3 is 0 Å². The lowest BCUT2D eigenvalue weighted by atomic mass is 10.0. The lowest BCUT2D eigenvalue weighted by Gasteiger charge is -2.18. The number of phenols is 1. The number of carbonyl (C=O) groups is 2. The molecule has 7 heteroatoms. The molecule has 3 N–H and O–H groups in total. The van der Waals surface area contributed by atoms with Crippen LogP contribution >= 0.6 is 0 Å². The van der Waals surface area contributed by atoms with Crippen LogP contribution in [0.2, 0.25) is 0 Å². The molecule has 0 fully saturated rings. The van der Waals surface area contributed by atoms with Gasteiger partial charge < -0.3 is 20.3 Å². The number of nitrogens with zero attached hydrogens (tertiary/aromatic N) is 1. The van der Waals surface area contributed by atoms with Crippen LogP contribution in [0.15, 0.2) is 108 Å². The topological polar surface area (TPSA) is 100 Å². The molecule has 0 spiro atoms. The van der Waals surface area contributed by atoms with Crippen molar-refractivity contribution in [2.75, 3.05) is 10.6 Å². The quantitative estimate of drug-likeness (QED) is 0.207. The minimum atomic E-state index is -0.521. The number of aromatic nitrogens is 1. The van der Waals surface area contributed by atoms with Gasteiger partial charge in [-0.05, 0) is 83.5 Å². The predicted octanol–water partition coefficient (Wildman–Crippen LogP) is 6.20. The molecule has 1 aromatic heterocycles. The van der Waals surface area contributed by atoms with Crippen molar-refractivity contribution in [2.24, 2.45) is 5.92 Å². The summed E-state index contributed by atoms with van der Waals surface area (Å²) in [4.78, 5) is 40.6. The van der Waals surface area contributed by atoms with Gasteiger partial charge in [0.1, 0.15) is 11.3 Å². The van der Waals surface area contributed by atoms with E-state index >= 15 is 0 Å². The minimum Gasteiger partial charge on any atom is -0.508 e. The standard InChI is InChI=1S/C36H31N3O4/c1-2-23-10-14-28(15-11-23)37-35(42)31-21-30-32(38-34(41)20-24-12-16-29(40)17-13-24)8-5-9-33(30)39(36(31)43)22-25-18-26-6-3-4-7-27(26)19-25/h2-17,21,25,40H,1,18-20,22H2,(H,37,42)(H,38,41). The summed E-state index contributed by atoms with van der Waals surface area (Å²) in [5.41, 5.74) is 5.56. The number of hydrogen-bond donors (Lipinski definition) is 3. The predicted molar refractivity (Wildman–Crippen MR) is 170 cm³/mol. The molecule has 1 aliphatic carbocycles. The Hall–Kier alpha value is -5.43. The second-order valence-corrected chi connectivity index (χ2v) is 10.9. The minimum absolute atomic E-state index is 0.00366. The molecule has 0 aliphatic heterocycles. The molecular formula is C36H31N3O4. The van der Waals surface area contributed by atoms with E-state index in [0.29, 0.717) is 28.8 Å². The van der Waals surface area contributed by atoms with Crippen LogP contribution in [-0.4, -0.2) is 21.5 Å². The lowest BCUT2D eigenvalue weighted by molar-refractivity contribution is -0.115. The Labute approximate surface area is 249 Å². The van der Waals surface area contributed by atoms with Crippen LogP contribution in [0.3, 0.4) is 0 Å². The molecule has 1 aliphatic rings. The molecule has 4 aromatic carbocycles. The van der Waals surface area contributed by atoms with Crippen molar-refractivity contribution in [3.63, 3.8) is 0 Å². The van der Waals surface area contributed by atoms with E-state index < -0.39 is 5.91 Å². The van der Waals surface area contributed by atoms with Gasteiger partial charge in [0.15, 0.2) is 0 Å². The number of fused-ring (bicyclic) bond motifs is 2. The SMILES string of the molecule is C=Cc1ccc(NC(=O)c2cc3c(NC(=O)Cc4ccc(O)cc4)cccc3n(CC3Cc4ccccc4C3)c2=O)cc1. The van der Waals surface area contributed by atoms with Crippen LogP contribution in [0.5, 0.6) is 5.75 Å². The van der Waals surface area contributed by atoms with Gasteiger partial charge in [0.25, 0.3) is 11.5 Å². The van der Waals surface area contributed by atoms with Crippen LogP contribution < -0.4 is 16.2 Å². The van der Waals surface area contributed by atoms with Gasteiger partial charge in [0.2, 0.25) is 5.91 Å². The summed E-state index contributed by atoms with van der Waals surface area (Å²) in [5.74, 6) is -0.456. The number of rotatable bonds is 8. The summed E-state index contributed by atoms with van der Waals surface area (Å²) < 4.78 is 1.68. The zero-order chi connectivity index (χ0) is 29.9. The van der Waals surface area contributed by atoms with Crippen molar-refractivity contribution in [1.82, 2.24) is 4.57 Å². The Balaban J connectivity index is 1.37. The summed E-state index contributed by atoms with van der Waals surface area (Å²) in [7, 11) is 0. The zero-order valence-corrected chi connectivity index (χ0v) is 23.5. The molecule has 0 saturated carbocycles. The van der Waals surface area contributed by atoms with Crippen molar-refractivity contribution in [3.8, 4) is 5.75 Å². The smallest absolute Gasteiger partial charge is 0.263 e. The van der Waals surface area contributed by atoms with Gasteiger partial charge in [-0.3, -0.25) is 14.4 Å². The Bertz CT molecular complexity index is 1880. The van der Waals surface area contributed by atoms with Crippen LogP contribution in [0.4, 0.5) is 11.4 Å². The van der Waals surface area contributed by atoms with Crippen molar-refractivity contribution >= 4 is 40.2 Å². The number of pyridine rings is 1. The molecule has 214 valence electrons. The summed E-state index contributed by atoms with van der Waals surface area (Å²) >= 11 is 0. The van der Waals surface area contributed by atoms with Crippen molar-refractivity contribution < 1.29 is 14.7 Å². The van der Waals surface area contributed by atoms with E-state index in [4.69, 9.17) is 0 Å². The van der Waals surface area contributed by atoms with E-state index in [1.807, 2.05) is 30.3 Å². The molecule has 43 heavy (non-hydrogen) atoms. The maximum Gasteiger partial charge on any atom is 0.263 e. The first kappa shape index (κ1) is 27.7. The van der Waals surface area contributed by atoms with E-state index in [9.17, 15) is 19.5 Å². The summed E-state index contributed by atoms with van der Waals surface area (Å²) in [6.45, 7) is 4.19. The largest absolute Gasteiger partial charge is 0.508 e. The van der Waals surface area contributed by atoms with Gasteiger partial charge in [-0.2, -0.15) is 0 Å². The molecule has 6 rings (SSSR count). The molecule has 0 radical (unpaired) electrons. The Kier molecular flexibility index (Phi) is 7.62. The summed E-state index contributed by atoms with van der Waals surface area (Å²) in [6, 6.07) is 29.0. The number of hydrogen-bond acceptors (Lipinski definition) is 4. The monoisotopic (exact) mass is 569 g/mol. The summed E-state index contributed by atoms with van der Waals surface area (Å²) in [5, 5.41) is 16.0. The highest BCUT2D eigenvalue weighted by molar-refractivity contribution is 6.08. The molecule has 0 saturated heterocycles. The maximum atomic E-state index is 14.0. The second kappa shape index (κ2) is 11.8. The van der Waals surface area contributed by atoms with Gasteiger partial charge in [-0.15, -0.1) is 0 Å². The molecule has 1 heterocycles. The van der Waals surface area contributed by atoms with Crippen LogP contribution in [-0.2, 0) is 30.6 Å². The first-order valence-electron chi connectivity index (χ1n) is 14.2. The van der Waals surface area contributed by atoms with Gasteiger partial charge in [-0.1, -0.05) is 67.3 Å². The van der Waals surface area contributed by atoms with Crippen molar-refractivity contribution in [2.45, 2.75) is 25.8 Å². The second-order valence-electron chi connectivity index (χ2n) is 10.9. The lowest BCUT2D eigenvalue weighted by Crippen LogP contribution is -2.31.